The third-order valence-corrected chi connectivity index (χ3v) is 5.72. The summed E-state index contributed by atoms with van der Waals surface area (Å²) in [5.74, 6) is 0.505. The van der Waals surface area contributed by atoms with E-state index in [0.29, 0.717) is 12.3 Å². The molecule has 0 aliphatic heterocycles. The normalized spacial score (nSPS) is 22.2. The second-order valence-electron chi connectivity index (χ2n) is 4.76. The SMILES string of the molecule is CCC(CN)S(=O)(=O)NC(C)C1CCCC1. The van der Waals surface area contributed by atoms with E-state index in [1.54, 1.807) is 0 Å². The molecule has 0 spiro atoms. The highest BCUT2D eigenvalue weighted by atomic mass is 32.2. The quantitative estimate of drug-likeness (QED) is 0.742. The van der Waals surface area contributed by atoms with Gasteiger partial charge in [0.25, 0.3) is 0 Å². The van der Waals surface area contributed by atoms with Gasteiger partial charge >= 0.3 is 0 Å². The molecule has 0 radical (unpaired) electrons. The van der Waals surface area contributed by atoms with Crippen molar-refractivity contribution in [1.82, 2.24) is 4.72 Å². The summed E-state index contributed by atoms with van der Waals surface area (Å²) in [6.45, 7) is 4.02. The Morgan fingerprint density at radius 1 is 1.38 bits per heavy atom. The van der Waals surface area contributed by atoms with E-state index >= 15 is 0 Å². The number of nitrogens with one attached hydrogen (secondary N) is 1. The minimum Gasteiger partial charge on any atom is -0.329 e. The highest BCUT2D eigenvalue weighted by molar-refractivity contribution is 7.90. The first-order valence-corrected chi connectivity index (χ1v) is 7.77. The van der Waals surface area contributed by atoms with Gasteiger partial charge in [-0.15, -0.1) is 0 Å². The first-order valence-electron chi connectivity index (χ1n) is 6.22. The molecule has 3 N–H and O–H groups in total. The van der Waals surface area contributed by atoms with Gasteiger partial charge in [-0.3, -0.25) is 0 Å². The molecule has 96 valence electrons. The van der Waals surface area contributed by atoms with Crippen LogP contribution in [0.5, 0.6) is 0 Å². The largest absolute Gasteiger partial charge is 0.329 e. The molecule has 5 heteroatoms. The van der Waals surface area contributed by atoms with Gasteiger partial charge in [0.1, 0.15) is 0 Å². The molecule has 16 heavy (non-hydrogen) atoms. The van der Waals surface area contributed by atoms with E-state index < -0.39 is 15.3 Å². The lowest BCUT2D eigenvalue weighted by molar-refractivity contribution is 0.421. The van der Waals surface area contributed by atoms with Crippen molar-refractivity contribution >= 4 is 10.0 Å². The van der Waals surface area contributed by atoms with Gasteiger partial charge in [-0.25, -0.2) is 13.1 Å². The zero-order valence-corrected chi connectivity index (χ0v) is 11.1. The molecular formula is C11H24N2O2S. The monoisotopic (exact) mass is 248 g/mol. The van der Waals surface area contributed by atoms with Crippen molar-refractivity contribution in [2.75, 3.05) is 6.54 Å². The fraction of sp³-hybridized carbons (Fsp3) is 1.00. The van der Waals surface area contributed by atoms with Crippen LogP contribution < -0.4 is 10.5 Å². The van der Waals surface area contributed by atoms with Crippen molar-refractivity contribution in [2.45, 2.75) is 57.2 Å². The van der Waals surface area contributed by atoms with Gasteiger partial charge in [0, 0.05) is 12.6 Å². The summed E-state index contributed by atoms with van der Waals surface area (Å²) in [6, 6.07) is 0.0492. The Bertz CT molecular complexity index is 293. The van der Waals surface area contributed by atoms with E-state index in [0.717, 1.165) is 12.8 Å². The maximum Gasteiger partial charge on any atom is 0.215 e. The Kier molecular flexibility index (Phi) is 5.21. The maximum absolute atomic E-state index is 12.0. The second-order valence-corrected chi connectivity index (χ2v) is 6.75. The van der Waals surface area contributed by atoms with Gasteiger partial charge < -0.3 is 5.73 Å². The lowest BCUT2D eigenvalue weighted by Gasteiger charge is -2.23. The van der Waals surface area contributed by atoms with E-state index in [2.05, 4.69) is 4.72 Å². The lowest BCUT2D eigenvalue weighted by Crippen LogP contribution is -2.44. The Morgan fingerprint density at radius 2 is 1.94 bits per heavy atom. The molecule has 0 aromatic carbocycles. The molecule has 1 fully saturated rings. The molecule has 1 rings (SSSR count). The molecule has 0 aromatic heterocycles. The zero-order chi connectivity index (χ0) is 12.2. The first kappa shape index (κ1) is 13.9. The van der Waals surface area contributed by atoms with Crippen molar-refractivity contribution in [3.05, 3.63) is 0 Å². The zero-order valence-electron chi connectivity index (χ0n) is 10.3. The van der Waals surface area contributed by atoms with Crippen molar-refractivity contribution in [2.24, 2.45) is 11.7 Å². The van der Waals surface area contributed by atoms with Crippen LogP contribution in [0.2, 0.25) is 0 Å². The first-order chi connectivity index (χ1) is 7.51. The van der Waals surface area contributed by atoms with E-state index in [1.165, 1.54) is 12.8 Å². The number of hydrogen-bond acceptors (Lipinski definition) is 3. The Hall–Kier alpha value is -0.130. The fourth-order valence-corrected chi connectivity index (χ4v) is 4.02. The molecule has 1 aliphatic carbocycles. The van der Waals surface area contributed by atoms with Crippen LogP contribution in [0.1, 0.15) is 46.0 Å². The molecular weight excluding hydrogens is 224 g/mol. The van der Waals surface area contributed by atoms with E-state index in [9.17, 15) is 8.42 Å². The molecule has 1 saturated carbocycles. The number of sulfonamides is 1. The molecule has 4 nitrogen and oxygen atoms in total. The van der Waals surface area contributed by atoms with E-state index in [-0.39, 0.29) is 12.6 Å². The standard InChI is InChI=1S/C11H24N2O2S/c1-3-11(8-12)16(14,15)13-9(2)10-6-4-5-7-10/h9-11,13H,3-8,12H2,1-2H3. The van der Waals surface area contributed by atoms with Gasteiger partial charge in [-0.05, 0) is 32.1 Å². The third-order valence-electron chi connectivity index (χ3n) is 3.61. The highest BCUT2D eigenvalue weighted by Crippen LogP contribution is 2.28. The minimum atomic E-state index is -3.23. The molecule has 2 unspecified atom stereocenters. The van der Waals surface area contributed by atoms with Gasteiger partial charge in [0.15, 0.2) is 0 Å². The summed E-state index contributed by atoms with van der Waals surface area (Å²) in [4.78, 5) is 0. The fourth-order valence-electron chi connectivity index (χ4n) is 2.42. The Labute approximate surface area is 99.0 Å². The maximum atomic E-state index is 12.0. The number of hydrogen-bond donors (Lipinski definition) is 2. The van der Waals surface area contributed by atoms with Crippen molar-refractivity contribution in [3.63, 3.8) is 0 Å². The molecule has 1 aliphatic rings. The predicted octanol–water partition coefficient (Wildman–Crippen LogP) is 1.22. The van der Waals surface area contributed by atoms with Gasteiger partial charge in [0.2, 0.25) is 10.0 Å². The Balaban J connectivity index is 2.57. The minimum absolute atomic E-state index is 0.0492. The predicted molar refractivity (Wildman–Crippen MR) is 66.6 cm³/mol. The Morgan fingerprint density at radius 3 is 2.38 bits per heavy atom. The lowest BCUT2D eigenvalue weighted by atomic mass is 10.0. The van der Waals surface area contributed by atoms with Crippen LogP contribution in [0.25, 0.3) is 0 Å². The highest BCUT2D eigenvalue weighted by Gasteiger charge is 2.28. The summed E-state index contributed by atoms with van der Waals surface area (Å²) >= 11 is 0. The topological polar surface area (TPSA) is 72.2 Å². The third kappa shape index (κ3) is 3.43. The van der Waals surface area contributed by atoms with Crippen LogP contribution >= 0.6 is 0 Å². The summed E-state index contributed by atoms with van der Waals surface area (Å²) < 4.78 is 26.7. The van der Waals surface area contributed by atoms with Gasteiger partial charge in [-0.2, -0.15) is 0 Å². The smallest absolute Gasteiger partial charge is 0.215 e. The summed E-state index contributed by atoms with van der Waals surface area (Å²) in [5.41, 5.74) is 5.48. The molecule has 0 amide bonds. The molecule has 0 heterocycles. The average Bonchev–Trinajstić information content (AvgIpc) is 2.70. The van der Waals surface area contributed by atoms with E-state index in [4.69, 9.17) is 5.73 Å². The molecule has 0 saturated heterocycles. The molecule has 0 bridgehead atoms. The van der Waals surface area contributed by atoms with Gasteiger partial charge in [0.05, 0.1) is 5.25 Å². The van der Waals surface area contributed by atoms with Crippen molar-refractivity contribution in [3.8, 4) is 0 Å². The number of rotatable bonds is 6. The van der Waals surface area contributed by atoms with Crippen molar-refractivity contribution in [1.29, 1.82) is 0 Å². The van der Waals surface area contributed by atoms with Crippen LogP contribution in [-0.2, 0) is 10.0 Å². The van der Waals surface area contributed by atoms with Crippen LogP contribution in [0.4, 0.5) is 0 Å². The molecule has 0 aromatic rings. The number of nitrogens with two attached hydrogens (primary N) is 1. The molecule has 2 atom stereocenters. The van der Waals surface area contributed by atoms with Crippen LogP contribution in [0.15, 0.2) is 0 Å². The summed E-state index contributed by atoms with van der Waals surface area (Å²) in [7, 11) is -3.23. The van der Waals surface area contributed by atoms with E-state index in [1.807, 2.05) is 13.8 Å². The second kappa shape index (κ2) is 5.98. The average molecular weight is 248 g/mol. The van der Waals surface area contributed by atoms with Crippen LogP contribution in [0.3, 0.4) is 0 Å². The van der Waals surface area contributed by atoms with Gasteiger partial charge in [-0.1, -0.05) is 19.8 Å². The van der Waals surface area contributed by atoms with Crippen LogP contribution in [0, 0.1) is 5.92 Å². The van der Waals surface area contributed by atoms with Crippen LogP contribution in [-0.4, -0.2) is 26.3 Å². The summed E-state index contributed by atoms with van der Waals surface area (Å²) in [5, 5.41) is -0.448. The van der Waals surface area contributed by atoms with Crippen molar-refractivity contribution < 1.29 is 8.42 Å². The summed E-state index contributed by atoms with van der Waals surface area (Å²) in [6.07, 6.45) is 5.31.